The maximum Gasteiger partial charge on any atom is 0.192 e. The van der Waals surface area contributed by atoms with Gasteiger partial charge in [-0.2, -0.15) is 0 Å². The molecule has 0 atom stereocenters. The van der Waals surface area contributed by atoms with Crippen LogP contribution in [0.1, 0.15) is 36.1 Å². The standard InChI is InChI=1S/C20H30N6O.HI/c1-6-10-21-20(23-14-19-25-24-16(4)26(19)5)22-13-17-9-8-15(3)12-18(17)27-11-7-2;/h6,8-9,12H,1,7,10-11,13-14H2,2-5H3,(H2,21,22,23);1H. The van der Waals surface area contributed by atoms with Crippen molar-refractivity contribution in [3.05, 3.63) is 53.6 Å². The highest BCUT2D eigenvalue weighted by Gasteiger charge is 2.07. The number of hydrogen-bond donors (Lipinski definition) is 2. The van der Waals surface area contributed by atoms with E-state index >= 15 is 0 Å². The number of hydrogen-bond acceptors (Lipinski definition) is 4. The molecule has 0 spiro atoms. The molecule has 1 heterocycles. The van der Waals surface area contributed by atoms with E-state index in [1.54, 1.807) is 6.08 Å². The molecule has 0 amide bonds. The van der Waals surface area contributed by atoms with E-state index in [2.05, 4.69) is 59.5 Å². The lowest BCUT2D eigenvalue weighted by Gasteiger charge is -2.13. The average molecular weight is 498 g/mol. The molecular weight excluding hydrogens is 467 g/mol. The molecule has 0 saturated heterocycles. The second-order valence-corrected chi connectivity index (χ2v) is 6.37. The van der Waals surface area contributed by atoms with E-state index in [-0.39, 0.29) is 24.0 Å². The zero-order valence-corrected chi connectivity index (χ0v) is 19.5. The first-order valence-corrected chi connectivity index (χ1v) is 9.25. The summed E-state index contributed by atoms with van der Waals surface area (Å²) in [6, 6.07) is 6.21. The minimum atomic E-state index is 0. The van der Waals surface area contributed by atoms with Crippen molar-refractivity contribution in [3.8, 4) is 5.75 Å². The van der Waals surface area contributed by atoms with Crippen molar-refractivity contribution < 1.29 is 4.74 Å². The van der Waals surface area contributed by atoms with Gasteiger partial charge in [0.25, 0.3) is 0 Å². The number of rotatable bonds is 9. The summed E-state index contributed by atoms with van der Waals surface area (Å²) in [6.07, 6.45) is 2.77. The second-order valence-electron chi connectivity index (χ2n) is 6.37. The van der Waals surface area contributed by atoms with Gasteiger partial charge in [0, 0.05) is 19.2 Å². The highest BCUT2D eigenvalue weighted by molar-refractivity contribution is 14.0. The minimum absolute atomic E-state index is 0. The smallest absolute Gasteiger partial charge is 0.192 e. The van der Waals surface area contributed by atoms with Crippen LogP contribution in [-0.2, 0) is 20.1 Å². The maximum absolute atomic E-state index is 5.88. The number of nitrogens with zero attached hydrogens (tertiary/aromatic N) is 4. The highest BCUT2D eigenvalue weighted by Crippen LogP contribution is 2.21. The fraction of sp³-hybridized carbons (Fsp3) is 0.450. The van der Waals surface area contributed by atoms with Gasteiger partial charge in [-0.1, -0.05) is 25.1 Å². The van der Waals surface area contributed by atoms with Crippen LogP contribution in [0.15, 0.2) is 35.8 Å². The summed E-state index contributed by atoms with van der Waals surface area (Å²) in [7, 11) is 1.95. The first-order chi connectivity index (χ1) is 13.0. The molecule has 0 aliphatic carbocycles. The summed E-state index contributed by atoms with van der Waals surface area (Å²) in [6.45, 7) is 12.2. The molecule has 2 N–H and O–H groups in total. The summed E-state index contributed by atoms with van der Waals surface area (Å²) in [5.41, 5.74) is 2.23. The lowest BCUT2D eigenvalue weighted by atomic mass is 10.1. The number of benzene rings is 1. The van der Waals surface area contributed by atoms with Crippen LogP contribution in [0.4, 0.5) is 0 Å². The molecule has 28 heavy (non-hydrogen) atoms. The van der Waals surface area contributed by atoms with Gasteiger partial charge in [-0.25, -0.2) is 4.99 Å². The molecule has 0 radical (unpaired) electrons. The Kier molecular flexibility index (Phi) is 10.6. The van der Waals surface area contributed by atoms with Crippen molar-refractivity contribution in [2.75, 3.05) is 13.2 Å². The molecule has 2 rings (SSSR count). The number of guanidine groups is 1. The van der Waals surface area contributed by atoms with Crippen molar-refractivity contribution in [1.29, 1.82) is 0 Å². The third-order valence-electron chi connectivity index (χ3n) is 4.10. The van der Waals surface area contributed by atoms with Crippen molar-refractivity contribution in [3.63, 3.8) is 0 Å². The number of aliphatic imine (C=N–C) groups is 1. The minimum Gasteiger partial charge on any atom is -0.493 e. The van der Waals surface area contributed by atoms with E-state index in [0.29, 0.717) is 32.2 Å². The summed E-state index contributed by atoms with van der Waals surface area (Å²) >= 11 is 0. The second kappa shape index (κ2) is 12.4. The monoisotopic (exact) mass is 498 g/mol. The average Bonchev–Trinajstić information content (AvgIpc) is 2.98. The van der Waals surface area contributed by atoms with Gasteiger partial charge in [0.05, 0.1) is 19.7 Å². The summed E-state index contributed by atoms with van der Waals surface area (Å²) in [5, 5.41) is 14.8. The Morgan fingerprint density at radius 2 is 2.07 bits per heavy atom. The number of aromatic nitrogens is 3. The van der Waals surface area contributed by atoms with Crippen LogP contribution in [0.2, 0.25) is 0 Å². The van der Waals surface area contributed by atoms with Gasteiger partial charge in [-0.05, 0) is 31.9 Å². The molecule has 0 saturated carbocycles. The van der Waals surface area contributed by atoms with E-state index in [1.807, 2.05) is 18.5 Å². The van der Waals surface area contributed by atoms with E-state index in [1.165, 1.54) is 5.56 Å². The SMILES string of the molecule is C=CCNC(=NCc1ccc(C)cc1OCCC)NCc1nnc(C)n1C.I. The molecular formula is C20H31IN6O. The van der Waals surface area contributed by atoms with Crippen LogP contribution in [0.3, 0.4) is 0 Å². The van der Waals surface area contributed by atoms with Gasteiger partial charge in [0.1, 0.15) is 11.6 Å². The lowest BCUT2D eigenvalue weighted by molar-refractivity contribution is 0.314. The number of nitrogens with one attached hydrogen (secondary N) is 2. The molecule has 8 heteroatoms. The first-order valence-electron chi connectivity index (χ1n) is 9.25. The zero-order chi connectivity index (χ0) is 19.6. The predicted molar refractivity (Wildman–Crippen MR) is 124 cm³/mol. The Labute approximate surface area is 184 Å². The van der Waals surface area contributed by atoms with Crippen molar-refractivity contribution >= 4 is 29.9 Å². The molecule has 0 aliphatic rings. The summed E-state index contributed by atoms with van der Waals surface area (Å²) < 4.78 is 7.83. The topological polar surface area (TPSA) is 76.4 Å². The Balaban J connectivity index is 0.00000392. The Hall–Kier alpha value is -2.10. The third-order valence-corrected chi connectivity index (χ3v) is 4.10. The summed E-state index contributed by atoms with van der Waals surface area (Å²) in [4.78, 5) is 4.69. The molecule has 1 aromatic heterocycles. The fourth-order valence-electron chi connectivity index (χ4n) is 2.41. The normalized spacial score (nSPS) is 10.9. The summed E-state index contributed by atoms with van der Waals surface area (Å²) in [5.74, 6) is 3.31. The van der Waals surface area contributed by atoms with E-state index in [4.69, 9.17) is 9.73 Å². The van der Waals surface area contributed by atoms with Crippen molar-refractivity contribution in [2.45, 2.75) is 40.3 Å². The van der Waals surface area contributed by atoms with Crippen LogP contribution in [0, 0.1) is 13.8 Å². The molecule has 0 bridgehead atoms. The van der Waals surface area contributed by atoms with Crippen LogP contribution >= 0.6 is 24.0 Å². The van der Waals surface area contributed by atoms with Crippen LogP contribution in [0.25, 0.3) is 0 Å². The van der Waals surface area contributed by atoms with Gasteiger partial charge >= 0.3 is 0 Å². The molecule has 2 aromatic rings. The zero-order valence-electron chi connectivity index (χ0n) is 17.2. The van der Waals surface area contributed by atoms with Crippen molar-refractivity contribution in [2.24, 2.45) is 12.0 Å². The van der Waals surface area contributed by atoms with Crippen molar-refractivity contribution in [1.82, 2.24) is 25.4 Å². The van der Waals surface area contributed by atoms with Crippen LogP contribution in [-0.4, -0.2) is 33.9 Å². The molecule has 0 aliphatic heterocycles. The molecule has 0 fully saturated rings. The van der Waals surface area contributed by atoms with Gasteiger partial charge in [0.15, 0.2) is 11.8 Å². The largest absolute Gasteiger partial charge is 0.493 e. The fourth-order valence-corrected chi connectivity index (χ4v) is 2.41. The first kappa shape index (κ1) is 23.9. The molecule has 1 aromatic carbocycles. The van der Waals surface area contributed by atoms with E-state index in [9.17, 15) is 0 Å². The molecule has 7 nitrogen and oxygen atoms in total. The third kappa shape index (κ3) is 7.14. The van der Waals surface area contributed by atoms with Gasteiger partial charge in [0.2, 0.25) is 0 Å². The van der Waals surface area contributed by atoms with Gasteiger partial charge < -0.3 is 19.9 Å². The predicted octanol–water partition coefficient (Wildman–Crippen LogP) is 3.26. The molecule has 154 valence electrons. The van der Waals surface area contributed by atoms with Gasteiger partial charge in [-0.3, -0.25) is 0 Å². The number of aryl methyl sites for hydroxylation is 2. The van der Waals surface area contributed by atoms with Gasteiger partial charge in [-0.15, -0.1) is 40.8 Å². The van der Waals surface area contributed by atoms with Crippen LogP contribution < -0.4 is 15.4 Å². The quantitative estimate of drug-likeness (QED) is 0.240. The number of halogens is 1. The Bertz CT molecular complexity index is 787. The lowest BCUT2D eigenvalue weighted by Crippen LogP contribution is -2.37. The van der Waals surface area contributed by atoms with E-state index in [0.717, 1.165) is 29.4 Å². The molecule has 0 unspecified atom stereocenters. The Morgan fingerprint density at radius 1 is 1.29 bits per heavy atom. The van der Waals surface area contributed by atoms with Crippen LogP contribution in [0.5, 0.6) is 5.75 Å². The highest BCUT2D eigenvalue weighted by atomic mass is 127. The Morgan fingerprint density at radius 3 is 2.71 bits per heavy atom. The van der Waals surface area contributed by atoms with E-state index < -0.39 is 0 Å². The maximum atomic E-state index is 5.88. The number of ether oxygens (including phenoxy) is 1.